The number of carbonyl (C=O) groups excluding carboxylic acids is 1. The zero-order chi connectivity index (χ0) is 17.1. The Morgan fingerprint density at radius 3 is 2.42 bits per heavy atom. The van der Waals surface area contributed by atoms with Crippen LogP contribution in [-0.4, -0.2) is 54.4 Å². The lowest BCUT2D eigenvalue weighted by Crippen LogP contribution is -2.54. The molecule has 2 N–H and O–H groups in total. The summed E-state index contributed by atoms with van der Waals surface area (Å²) >= 11 is 0. The highest BCUT2D eigenvalue weighted by Gasteiger charge is 2.43. The summed E-state index contributed by atoms with van der Waals surface area (Å²) in [4.78, 5) is 25.8. The Balaban J connectivity index is 1.61. The van der Waals surface area contributed by atoms with Gasteiger partial charge in [0.05, 0.1) is 6.10 Å². The van der Waals surface area contributed by atoms with Crippen LogP contribution in [0.1, 0.15) is 18.4 Å². The van der Waals surface area contributed by atoms with Crippen molar-refractivity contribution in [3.8, 4) is 0 Å². The van der Waals surface area contributed by atoms with Crippen LogP contribution in [0, 0.1) is 11.8 Å². The number of urea groups is 1. The third kappa shape index (κ3) is 3.53. The predicted molar refractivity (Wildman–Crippen MR) is 88.7 cm³/mol. The largest absolute Gasteiger partial charge is 0.480 e. The molecule has 1 aliphatic heterocycles. The molecule has 0 radical (unpaired) electrons. The molecule has 2 aliphatic rings. The van der Waals surface area contributed by atoms with Crippen molar-refractivity contribution in [3.63, 3.8) is 0 Å². The maximum Gasteiger partial charge on any atom is 0.326 e. The molecule has 1 unspecified atom stereocenters. The van der Waals surface area contributed by atoms with Gasteiger partial charge in [-0.25, -0.2) is 9.59 Å². The Kier molecular flexibility index (Phi) is 5.04. The van der Waals surface area contributed by atoms with Crippen LogP contribution in [0.2, 0.25) is 0 Å². The minimum Gasteiger partial charge on any atom is -0.480 e. The number of hydrogen-bond donors (Lipinski definition) is 2. The average molecular weight is 332 g/mol. The molecule has 4 atom stereocenters. The molecule has 2 bridgehead atoms. The lowest BCUT2D eigenvalue weighted by molar-refractivity contribution is -0.139. The van der Waals surface area contributed by atoms with Crippen molar-refractivity contribution in [1.29, 1.82) is 0 Å². The molecule has 6 nitrogen and oxygen atoms in total. The molecule has 2 amide bonds. The molecule has 24 heavy (non-hydrogen) atoms. The molecule has 2 fully saturated rings. The van der Waals surface area contributed by atoms with E-state index in [1.165, 1.54) is 0 Å². The van der Waals surface area contributed by atoms with Crippen LogP contribution in [0.5, 0.6) is 0 Å². The van der Waals surface area contributed by atoms with Crippen LogP contribution in [0.25, 0.3) is 0 Å². The van der Waals surface area contributed by atoms with Gasteiger partial charge in [0.15, 0.2) is 0 Å². The number of rotatable bonds is 5. The minimum absolute atomic E-state index is 0.230. The summed E-state index contributed by atoms with van der Waals surface area (Å²) in [7, 11) is 1.73. The number of likely N-dealkylation sites (tertiary alicyclic amines) is 1. The van der Waals surface area contributed by atoms with Crippen molar-refractivity contribution in [2.75, 3.05) is 20.2 Å². The van der Waals surface area contributed by atoms with Gasteiger partial charge < -0.3 is 20.1 Å². The highest BCUT2D eigenvalue weighted by atomic mass is 16.5. The number of carboxylic acids is 1. The first-order valence-electron chi connectivity index (χ1n) is 8.43. The Morgan fingerprint density at radius 1 is 1.25 bits per heavy atom. The molecule has 1 aliphatic carbocycles. The van der Waals surface area contributed by atoms with Gasteiger partial charge in [-0.2, -0.15) is 0 Å². The lowest BCUT2D eigenvalue weighted by Gasteiger charge is -2.37. The number of hydrogen-bond acceptors (Lipinski definition) is 3. The van der Waals surface area contributed by atoms with Gasteiger partial charge in [0.1, 0.15) is 6.04 Å². The predicted octanol–water partition coefficient (Wildman–Crippen LogP) is 1.75. The SMILES string of the molecule is COC1[C@@H]2CC[C@H]1CN(C(=O)N[C@@H](Cc1ccccc1)C(=O)O)C2. The Labute approximate surface area is 141 Å². The number of methoxy groups -OCH3 is 1. The summed E-state index contributed by atoms with van der Waals surface area (Å²) < 4.78 is 5.55. The van der Waals surface area contributed by atoms with Crippen LogP contribution >= 0.6 is 0 Å². The van der Waals surface area contributed by atoms with Crippen molar-refractivity contribution in [2.45, 2.75) is 31.4 Å². The first-order valence-corrected chi connectivity index (χ1v) is 8.43. The number of benzene rings is 1. The number of amides is 2. The standard InChI is InChI=1S/C18H24N2O4/c1-24-16-13-7-8-14(16)11-20(10-13)18(23)19-15(17(21)22)9-12-5-3-2-4-6-12/h2-6,13-16H,7-11H2,1H3,(H,19,23)(H,21,22)/t13-,14+,15-,16?/m0/s1. The van der Waals surface area contributed by atoms with E-state index >= 15 is 0 Å². The fourth-order valence-electron chi connectivity index (χ4n) is 4.01. The van der Waals surface area contributed by atoms with Crippen molar-refractivity contribution in [3.05, 3.63) is 35.9 Å². The Hall–Kier alpha value is -2.08. The second-order valence-electron chi connectivity index (χ2n) is 6.73. The van der Waals surface area contributed by atoms with E-state index in [0.29, 0.717) is 24.9 Å². The molecule has 0 spiro atoms. The van der Waals surface area contributed by atoms with Crippen molar-refractivity contribution in [1.82, 2.24) is 10.2 Å². The van der Waals surface area contributed by atoms with E-state index in [1.54, 1.807) is 12.0 Å². The average Bonchev–Trinajstić information content (AvgIpc) is 2.82. The monoisotopic (exact) mass is 332 g/mol. The second-order valence-corrected chi connectivity index (χ2v) is 6.73. The van der Waals surface area contributed by atoms with Gasteiger partial charge in [-0.05, 0) is 18.4 Å². The van der Waals surface area contributed by atoms with Gasteiger partial charge in [0.25, 0.3) is 0 Å². The smallest absolute Gasteiger partial charge is 0.326 e. The second kappa shape index (κ2) is 7.21. The molecule has 1 aromatic carbocycles. The molecule has 1 aromatic rings. The maximum atomic E-state index is 12.5. The fourth-order valence-corrected chi connectivity index (χ4v) is 4.01. The number of carboxylic acid groups (broad SMARTS) is 1. The van der Waals surface area contributed by atoms with Gasteiger partial charge in [-0.1, -0.05) is 30.3 Å². The van der Waals surface area contributed by atoms with Crippen LogP contribution in [-0.2, 0) is 16.0 Å². The molecular formula is C18H24N2O4. The number of nitrogens with one attached hydrogen (secondary N) is 1. The molecule has 6 heteroatoms. The van der Waals surface area contributed by atoms with Crippen molar-refractivity contribution >= 4 is 12.0 Å². The van der Waals surface area contributed by atoms with E-state index in [0.717, 1.165) is 18.4 Å². The molecule has 1 heterocycles. The highest BCUT2D eigenvalue weighted by molar-refractivity contribution is 5.83. The van der Waals surface area contributed by atoms with Gasteiger partial charge in [-0.15, -0.1) is 0 Å². The molecular weight excluding hydrogens is 308 g/mol. The molecule has 3 rings (SSSR count). The van der Waals surface area contributed by atoms with Crippen LogP contribution in [0.3, 0.4) is 0 Å². The van der Waals surface area contributed by atoms with Crippen molar-refractivity contribution in [2.24, 2.45) is 11.8 Å². The third-order valence-corrected chi connectivity index (χ3v) is 5.19. The number of nitrogens with zero attached hydrogens (tertiary/aromatic N) is 1. The first-order chi connectivity index (χ1) is 11.6. The topological polar surface area (TPSA) is 78.9 Å². The van der Waals surface area contributed by atoms with Gasteiger partial charge in [0, 0.05) is 38.5 Å². The summed E-state index contributed by atoms with van der Waals surface area (Å²) in [6, 6.07) is 8.14. The van der Waals surface area contributed by atoms with E-state index in [9.17, 15) is 14.7 Å². The Morgan fingerprint density at radius 2 is 1.88 bits per heavy atom. The zero-order valence-electron chi connectivity index (χ0n) is 13.9. The normalized spacial score (nSPS) is 26.9. The lowest BCUT2D eigenvalue weighted by atomic mass is 9.95. The maximum absolute atomic E-state index is 12.5. The summed E-state index contributed by atoms with van der Waals surface area (Å²) in [6.07, 6.45) is 2.65. The highest BCUT2D eigenvalue weighted by Crippen LogP contribution is 2.38. The minimum atomic E-state index is -1.01. The summed E-state index contributed by atoms with van der Waals surface area (Å²) in [5.74, 6) is -0.296. The van der Waals surface area contributed by atoms with Crippen LogP contribution in [0.4, 0.5) is 4.79 Å². The molecule has 0 aromatic heterocycles. The molecule has 1 saturated heterocycles. The van der Waals surface area contributed by atoms with E-state index in [-0.39, 0.29) is 18.6 Å². The third-order valence-electron chi connectivity index (χ3n) is 5.19. The first kappa shape index (κ1) is 16.8. The summed E-state index contributed by atoms with van der Waals surface area (Å²) in [5, 5.41) is 12.1. The molecule has 130 valence electrons. The van der Waals surface area contributed by atoms with Crippen molar-refractivity contribution < 1.29 is 19.4 Å². The number of carbonyl (C=O) groups is 2. The van der Waals surface area contributed by atoms with E-state index < -0.39 is 12.0 Å². The number of fused-ring (bicyclic) bond motifs is 2. The van der Waals surface area contributed by atoms with E-state index in [1.807, 2.05) is 30.3 Å². The summed E-state index contributed by atoms with van der Waals surface area (Å²) in [5.41, 5.74) is 0.892. The van der Waals surface area contributed by atoms with Gasteiger partial charge in [-0.3, -0.25) is 0 Å². The number of piperidine rings is 1. The molecule has 1 saturated carbocycles. The summed E-state index contributed by atoms with van der Waals surface area (Å²) in [6.45, 7) is 1.27. The van der Waals surface area contributed by atoms with Crippen LogP contribution < -0.4 is 5.32 Å². The quantitative estimate of drug-likeness (QED) is 0.861. The van der Waals surface area contributed by atoms with E-state index in [4.69, 9.17) is 4.74 Å². The fraction of sp³-hybridized carbons (Fsp3) is 0.556. The van der Waals surface area contributed by atoms with Gasteiger partial charge in [0.2, 0.25) is 0 Å². The Bertz CT molecular complexity index is 578. The van der Waals surface area contributed by atoms with E-state index in [2.05, 4.69) is 5.32 Å². The van der Waals surface area contributed by atoms with Gasteiger partial charge >= 0.3 is 12.0 Å². The number of aliphatic carboxylic acids is 1. The zero-order valence-corrected chi connectivity index (χ0v) is 13.9. The van der Waals surface area contributed by atoms with Crippen LogP contribution in [0.15, 0.2) is 30.3 Å². The number of ether oxygens (including phenoxy) is 1.